The molecule has 184 valence electrons. The van der Waals surface area contributed by atoms with Crippen LogP contribution in [0.2, 0.25) is 0 Å². The maximum atomic E-state index is 12.9. The van der Waals surface area contributed by atoms with Crippen molar-refractivity contribution in [1.82, 2.24) is 9.36 Å². The van der Waals surface area contributed by atoms with Crippen molar-refractivity contribution in [2.24, 2.45) is 7.05 Å². The first-order valence-corrected chi connectivity index (χ1v) is 11.0. The van der Waals surface area contributed by atoms with E-state index in [-0.39, 0.29) is 17.0 Å². The average Bonchev–Trinajstić information content (AvgIpc) is 3.48. The molecule has 0 spiro atoms. The summed E-state index contributed by atoms with van der Waals surface area (Å²) in [7, 11) is 1.71. The molecule has 10 nitrogen and oxygen atoms in total. The molecule has 0 fully saturated rings. The van der Waals surface area contributed by atoms with E-state index in [4.69, 9.17) is 9.15 Å². The van der Waals surface area contributed by atoms with Gasteiger partial charge in [0.2, 0.25) is 0 Å². The summed E-state index contributed by atoms with van der Waals surface area (Å²) in [6.45, 7) is 2.87. The van der Waals surface area contributed by atoms with Crippen molar-refractivity contribution in [3.8, 4) is 5.69 Å². The molecule has 2 N–H and O–H groups in total. The van der Waals surface area contributed by atoms with E-state index in [0.29, 0.717) is 17.1 Å². The van der Waals surface area contributed by atoms with Gasteiger partial charge in [0.15, 0.2) is 12.4 Å². The number of nitrogens with zero attached hydrogens (tertiary/aromatic N) is 2. The van der Waals surface area contributed by atoms with E-state index in [2.05, 4.69) is 10.6 Å². The molecule has 0 aliphatic carbocycles. The van der Waals surface area contributed by atoms with Crippen LogP contribution in [-0.2, 0) is 16.6 Å². The smallest absolute Gasteiger partial charge is 0.338 e. The number of furan rings is 1. The molecule has 4 rings (SSSR count). The second-order valence-corrected chi connectivity index (χ2v) is 8.02. The van der Waals surface area contributed by atoms with Crippen LogP contribution in [0.25, 0.3) is 5.69 Å². The SMILES string of the molecule is Cc1ccc(C(=O)OCC(=O)Nc2c(C)n(C)n(-c3ccccc3)c2=O)cc1NC(=O)c1ccco1. The first-order chi connectivity index (χ1) is 17.3. The predicted octanol–water partition coefficient (Wildman–Crippen LogP) is 3.43. The highest BCUT2D eigenvalue weighted by Gasteiger charge is 2.19. The fourth-order valence-electron chi connectivity index (χ4n) is 3.58. The predicted molar refractivity (Wildman–Crippen MR) is 132 cm³/mol. The zero-order chi connectivity index (χ0) is 25.8. The van der Waals surface area contributed by atoms with Gasteiger partial charge < -0.3 is 19.8 Å². The highest BCUT2D eigenvalue weighted by molar-refractivity contribution is 6.03. The first kappa shape index (κ1) is 24.3. The largest absolute Gasteiger partial charge is 0.459 e. The number of amides is 2. The van der Waals surface area contributed by atoms with Gasteiger partial charge in [0, 0.05) is 12.7 Å². The number of para-hydroxylation sites is 1. The molecule has 0 radical (unpaired) electrons. The highest BCUT2D eigenvalue weighted by Crippen LogP contribution is 2.19. The number of aromatic nitrogens is 2. The van der Waals surface area contributed by atoms with Gasteiger partial charge in [-0.25, -0.2) is 9.48 Å². The Morgan fingerprint density at radius 2 is 1.72 bits per heavy atom. The molecule has 0 saturated carbocycles. The standard InChI is InChI=1S/C26H24N4O6/c1-16-11-12-18(14-20(16)27-24(32)21-10-7-13-35-21)26(34)36-15-22(31)28-23-17(2)29(3)30(25(23)33)19-8-5-4-6-9-19/h4-14H,15H2,1-3H3,(H,27,32)(H,28,31). The summed E-state index contributed by atoms with van der Waals surface area (Å²) >= 11 is 0. The lowest BCUT2D eigenvalue weighted by Gasteiger charge is -2.10. The van der Waals surface area contributed by atoms with Gasteiger partial charge in [-0.15, -0.1) is 0 Å². The number of carbonyl (C=O) groups is 3. The van der Waals surface area contributed by atoms with Crippen LogP contribution in [-0.4, -0.2) is 33.8 Å². The average molecular weight is 489 g/mol. The number of rotatable bonds is 7. The summed E-state index contributed by atoms with van der Waals surface area (Å²) < 4.78 is 13.3. The van der Waals surface area contributed by atoms with Crippen molar-refractivity contribution in [3.05, 3.63) is 99.9 Å². The number of nitrogens with one attached hydrogen (secondary N) is 2. The molecule has 2 aromatic carbocycles. The Bertz CT molecular complexity index is 1480. The van der Waals surface area contributed by atoms with E-state index >= 15 is 0 Å². The molecule has 0 aliphatic heterocycles. The minimum Gasteiger partial charge on any atom is -0.459 e. The fourth-order valence-corrected chi connectivity index (χ4v) is 3.58. The van der Waals surface area contributed by atoms with Crippen molar-refractivity contribution in [3.63, 3.8) is 0 Å². The summed E-state index contributed by atoms with van der Waals surface area (Å²) in [5.74, 6) is -1.76. The van der Waals surface area contributed by atoms with Gasteiger partial charge in [-0.2, -0.15) is 0 Å². The van der Waals surface area contributed by atoms with Crippen LogP contribution in [0.3, 0.4) is 0 Å². The Morgan fingerprint density at radius 3 is 2.42 bits per heavy atom. The van der Waals surface area contributed by atoms with Crippen molar-refractivity contribution < 1.29 is 23.5 Å². The van der Waals surface area contributed by atoms with E-state index in [1.54, 1.807) is 62.0 Å². The number of anilines is 2. The fraction of sp³-hybridized carbons (Fsp3) is 0.154. The van der Waals surface area contributed by atoms with E-state index in [1.807, 2.05) is 6.07 Å². The van der Waals surface area contributed by atoms with Crippen molar-refractivity contribution in [1.29, 1.82) is 0 Å². The number of aryl methyl sites for hydroxylation is 1. The molecule has 0 bridgehead atoms. The van der Waals surface area contributed by atoms with E-state index in [0.717, 1.165) is 5.56 Å². The van der Waals surface area contributed by atoms with Gasteiger partial charge in [0.1, 0.15) is 5.69 Å². The molecular formula is C26H24N4O6. The monoisotopic (exact) mass is 488 g/mol. The maximum absolute atomic E-state index is 12.9. The van der Waals surface area contributed by atoms with Crippen LogP contribution in [0.4, 0.5) is 11.4 Å². The Balaban J connectivity index is 1.42. The Labute approximate surface area is 206 Å². The molecule has 0 atom stereocenters. The van der Waals surface area contributed by atoms with Gasteiger partial charge in [-0.05, 0) is 55.8 Å². The summed E-state index contributed by atoms with van der Waals surface area (Å²) in [6, 6.07) is 16.7. The third kappa shape index (κ3) is 4.97. The summed E-state index contributed by atoms with van der Waals surface area (Å²) in [4.78, 5) is 50.2. The molecular weight excluding hydrogens is 464 g/mol. The third-order valence-electron chi connectivity index (χ3n) is 5.62. The van der Waals surface area contributed by atoms with Crippen molar-refractivity contribution in [2.75, 3.05) is 17.2 Å². The van der Waals surface area contributed by atoms with Gasteiger partial charge in [0.25, 0.3) is 17.4 Å². The molecule has 2 aromatic heterocycles. The number of hydrogen-bond donors (Lipinski definition) is 2. The second kappa shape index (κ2) is 10.2. The second-order valence-electron chi connectivity index (χ2n) is 8.02. The number of hydrogen-bond acceptors (Lipinski definition) is 6. The van der Waals surface area contributed by atoms with Crippen LogP contribution in [0, 0.1) is 13.8 Å². The zero-order valence-electron chi connectivity index (χ0n) is 19.9. The molecule has 36 heavy (non-hydrogen) atoms. The summed E-state index contributed by atoms with van der Waals surface area (Å²) in [5.41, 5.74) is 2.14. The molecule has 0 unspecified atom stereocenters. The van der Waals surface area contributed by atoms with Crippen LogP contribution < -0.4 is 16.2 Å². The summed E-state index contributed by atoms with van der Waals surface area (Å²) in [6.07, 6.45) is 1.38. The molecule has 10 heteroatoms. The lowest BCUT2D eigenvalue weighted by atomic mass is 10.1. The lowest BCUT2D eigenvalue weighted by Crippen LogP contribution is -2.26. The zero-order valence-corrected chi connectivity index (χ0v) is 19.9. The highest BCUT2D eigenvalue weighted by atomic mass is 16.5. The molecule has 2 amide bonds. The Hall–Kier alpha value is -4.86. The first-order valence-electron chi connectivity index (χ1n) is 11.0. The molecule has 0 saturated heterocycles. The minimum atomic E-state index is -0.759. The molecule has 4 aromatic rings. The number of carbonyl (C=O) groups excluding carboxylic acids is 3. The molecule has 2 heterocycles. The van der Waals surface area contributed by atoms with Gasteiger partial charge in [0.05, 0.1) is 23.2 Å². The normalized spacial score (nSPS) is 10.6. The maximum Gasteiger partial charge on any atom is 0.338 e. The Kier molecular flexibility index (Phi) is 6.86. The third-order valence-corrected chi connectivity index (χ3v) is 5.62. The van der Waals surface area contributed by atoms with Gasteiger partial charge in [-0.1, -0.05) is 24.3 Å². The number of benzene rings is 2. The van der Waals surface area contributed by atoms with Crippen molar-refractivity contribution >= 4 is 29.2 Å². The van der Waals surface area contributed by atoms with E-state index in [1.165, 1.54) is 29.1 Å². The quantitative estimate of drug-likeness (QED) is 0.384. The van der Waals surface area contributed by atoms with Crippen LogP contribution in [0.15, 0.2) is 76.1 Å². The number of ether oxygens (including phenoxy) is 1. The van der Waals surface area contributed by atoms with Gasteiger partial charge >= 0.3 is 5.97 Å². The minimum absolute atomic E-state index is 0.0978. The van der Waals surface area contributed by atoms with Crippen LogP contribution in [0.1, 0.15) is 32.2 Å². The van der Waals surface area contributed by atoms with E-state index in [9.17, 15) is 19.2 Å². The van der Waals surface area contributed by atoms with Gasteiger partial charge in [-0.3, -0.25) is 19.1 Å². The van der Waals surface area contributed by atoms with Crippen LogP contribution in [0.5, 0.6) is 0 Å². The van der Waals surface area contributed by atoms with E-state index < -0.39 is 29.9 Å². The topological polar surface area (TPSA) is 125 Å². The number of esters is 1. The van der Waals surface area contributed by atoms with Crippen LogP contribution >= 0.6 is 0 Å². The van der Waals surface area contributed by atoms with Crippen molar-refractivity contribution in [2.45, 2.75) is 13.8 Å². The lowest BCUT2D eigenvalue weighted by molar-refractivity contribution is -0.119. The summed E-state index contributed by atoms with van der Waals surface area (Å²) in [5, 5.41) is 5.22. The molecule has 0 aliphatic rings. The Morgan fingerprint density at radius 1 is 0.972 bits per heavy atom.